The average Bonchev–Trinajstić information content (AvgIpc) is 2.54. The zero-order valence-electron chi connectivity index (χ0n) is 14.6. The minimum Gasteiger partial charge on any atom is -0.493 e. The molecule has 2 N–H and O–H groups in total. The molecule has 0 fully saturated rings. The van der Waals surface area contributed by atoms with Gasteiger partial charge in [0.1, 0.15) is 0 Å². The van der Waals surface area contributed by atoms with Crippen LogP contribution in [0.4, 0.5) is 0 Å². The van der Waals surface area contributed by atoms with E-state index in [2.05, 4.69) is 29.5 Å². The van der Waals surface area contributed by atoms with Crippen LogP contribution in [0.3, 0.4) is 0 Å². The Bertz CT molecular complexity index is 467. The van der Waals surface area contributed by atoms with Gasteiger partial charge < -0.3 is 20.1 Å². The van der Waals surface area contributed by atoms with Crippen LogP contribution >= 0.6 is 24.0 Å². The minimum atomic E-state index is 0. The van der Waals surface area contributed by atoms with Crippen molar-refractivity contribution in [3.8, 4) is 11.5 Å². The lowest BCUT2D eigenvalue weighted by Crippen LogP contribution is -2.37. The number of nitrogens with zero attached hydrogens (tertiary/aromatic N) is 1. The van der Waals surface area contributed by atoms with Gasteiger partial charge in [0.05, 0.1) is 20.3 Å². The number of nitrogens with one attached hydrogen (secondary N) is 2. The van der Waals surface area contributed by atoms with Crippen LogP contribution in [0.25, 0.3) is 0 Å². The second kappa shape index (κ2) is 13.3. The number of rotatable bonds is 9. The van der Waals surface area contributed by atoms with Crippen LogP contribution in [0.1, 0.15) is 39.2 Å². The number of halogens is 1. The van der Waals surface area contributed by atoms with Crippen molar-refractivity contribution in [2.45, 2.75) is 40.2 Å². The summed E-state index contributed by atoms with van der Waals surface area (Å²) in [7, 11) is 1.65. The molecule has 1 aromatic carbocycles. The van der Waals surface area contributed by atoms with Gasteiger partial charge in [-0.25, -0.2) is 4.99 Å². The van der Waals surface area contributed by atoms with Crippen LogP contribution in [0.5, 0.6) is 11.5 Å². The third-order valence-electron chi connectivity index (χ3n) is 3.11. The molecule has 0 atom stereocenters. The van der Waals surface area contributed by atoms with E-state index >= 15 is 0 Å². The third kappa shape index (κ3) is 8.29. The number of benzene rings is 1. The topological polar surface area (TPSA) is 54.9 Å². The molecule has 6 heteroatoms. The summed E-state index contributed by atoms with van der Waals surface area (Å²) in [6.07, 6.45) is 2.31. The second-order valence-corrected chi connectivity index (χ2v) is 4.89. The Morgan fingerprint density at radius 2 is 1.91 bits per heavy atom. The van der Waals surface area contributed by atoms with Gasteiger partial charge in [-0.2, -0.15) is 0 Å². The molecule has 1 aromatic rings. The minimum absolute atomic E-state index is 0. The van der Waals surface area contributed by atoms with Gasteiger partial charge >= 0.3 is 0 Å². The van der Waals surface area contributed by atoms with Gasteiger partial charge in [-0.05, 0) is 38.0 Å². The number of ether oxygens (including phenoxy) is 2. The zero-order valence-corrected chi connectivity index (χ0v) is 17.0. The van der Waals surface area contributed by atoms with Crippen molar-refractivity contribution in [3.63, 3.8) is 0 Å². The predicted molar refractivity (Wildman–Crippen MR) is 107 cm³/mol. The van der Waals surface area contributed by atoms with E-state index in [1.54, 1.807) is 7.11 Å². The van der Waals surface area contributed by atoms with Crippen molar-refractivity contribution >= 4 is 29.9 Å². The number of hydrogen-bond donors (Lipinski definition) is 2. The monoisotopic (exact) mass is 435 g/mol. The summed E-state index contributed by atoms with van der Waals surface area (Å²) < 4.78 is 10.9. The normalized spacial score (nSPS) is 10.7. The molecule has 0 bridgehead atoms. The SMILES string of the molecule is CCCCNC(=NCc1ccc(OCC)c(OC)c1)NCC.I. The number of guanidine groups is 1. The highest BCUT2D eigenvalue weighted by Crippen LogP contribution is 2.28. The van der Waals surface area contributed by atoms with Crippen LogP contribution in [0.2, 0.25) is 0 Å². The Hall–Kier alpha value is -1.18. The van der Waals surface area contributed by atoms with E-state index in [0.717, 1.165) is 42.5 Å². The lowest BCUT2D eigenvalue weighted by atomic mass is 10.2. The molecule has 0 aliphatic rings. The fourth-order valence-electron chi connectivity index (χ4n) is 1.98. The first-order valence-electron chi connectivity index (χ1n) is 8.07. The highest BCUT2D eigenvalue weighted by molar-refractivity contribution is 14.0. The van der Waals surface area contributed by atoms with E-state index in [1.807, 2.05) is 25.1 Å². The summed E-state index contributed by atoms with van der Waals surface area (Å²) in [5.41, 5.74) is 1.09. The van der Waals surface area contributed by atoms with E-state index in [0.29, 0.717) is 13.2 Å². The fourth-order valence-corrected chi connectivity index (χ4v) is 1.98. The first-order chi connectivity index (χ1) is 10.7. The molecule has 0 aromatic heterocycles. The quantitative estimate of drug-likeness (QED) is 0.270. The second-order valence-electron chi connectivity index (χ2n) is 4.89. The Morgan fingerprint density at radius 1 is 1.13 bits per heavy atom. The maximum absolute atomic E-state index is 5.53. The Morgan fingerprint density at radius 3 is 2.52 bits per heavy atom. The number of methoxy groups -OCH3 is 1. The molecule has 0 spiro atoms. The maximum Gasteiger partial charge on any atom is 0.191 e. The van der Waals surface area contributed by atoms with Gasteiger partial charge in [0.25, 0.3) is 0 Å². The highest BCUT2D eigenvalue weighted by atomic mass is 127. The molecule has 0 saturated carbocycles. The van der Waals surface area contributed by atoms with Crippen molar-refractivity contribution in [1.29, 1.82) is 0 Å². The molecular weight excluding hydrogens is 405 g/mol. The van der Waals surface area contributed by atoms with Gasteiger partial charge in [0.15, 0.2) is 17.5 Å². The Balaban J connectivity index is 0.00000484. The largest absolute Gasteiger partial charge is 0.493 e. The van der Waals surface area contributed by atoms with E-state index in [4.69, 9.17) is 9.47 Å². The summed E-state index contributed by atoms with van der Waals surface area (Å²) in [6.45, 7) is 9.22. The van der Waals surface area contributed by atoms with E-state index in [-0.39, 0.29) is 24.0 Å². The molecule has 132 valence electrons. The fraction of sp³-hybridized carbons (Fsp3) is 0.588. The molecule has 1 rings (SSSR count). The molecular formula is C17H30IN3O2. The van der Waals surface area contributed by atoms with Gasteiger partial charge in [0.2, 0.25) is 0 Å². The Labute approximate surface area is 157 Å². The van der Waals surface area contributed by atoms with Crippen molar-refractivity contribution in [2.75, 3.05) is 26.8 Å². The smallest absolute Gasteiger partial charge is 0.191 e. The summed E-state index contributed by atoms with van der Waals surface area (Å²) >= 11 is 0. The van der Waals surface area contributed by atoms with Crippen molar-refractivity contribution in [1.82, 2.24) is 10.6 Å². The predicted octanol–water partition coefficient (Wildman–Crippen LogP) is 3.57. The van der Waals surface area contributed by atoms with Gasteiger partial charge in [-0.15, -0.1) is 24.0 Å². The molecule has 0 aliphatic carbocycles. The molecule has 0 amide bonds. The Kier molecular flexibility index (Phi) is 12.6. The van der Waals surface area contributed by atoms with Gasteiger partial charge in [-0.1, -0.05) is 19.4 Å². The van der Waals surface area contributed by atoms with E-state index < -0.39 is 0 Å². The average molecular weight is 435 g/mol. The first-order valence-corrected chi connectivity index (χ1v) is 8.07. The zero-order chi connectivity index (χ0) is 16.2. The molecule has 0 saturated heterocycles. The van der Waals surface area contributed by atoms with Crippen LogP contribution in [-0.4, -0.2) is 32.8 Å². The molecule has 0 aliphatic heterocycles. The lowest BCUT2D eigenvalue weighted by Gasteiger charge is -2.12. The van der Waals surface area contributed by atoms with Crippen LogP contribution in [0.15, 0.2) is 23.2 Å². The summed E-state index contributed by atoms with van der Waals surface area (Å²) in [4.78, 5) is 4.60. The van der Waals surface area contributed by atoms with Crippen LogP contribution in [-0.2, 0) is 6.54 Å². The van der Waals surface area contributed by atoms with Crippen molar-refractivity contribution < 1.29 is 9.47 Å². The highest BCUT2D eigenvalue weighted by Gasteiger charge is 2.05. The van der Waals surface area contributed by atoms with Crippen LogP contribution < -0.4 is 20.1 Å². The van der Waals surface area contributed by atoms with Crippen molar-refractivity contribution in [3.05, 3.63) is 23.8 Å². The molecule has 5 nitrogen and oxygen atoms in total. The molecule has 0 radical (unpaired) electrons. The number of aliphatic imine (C=N–C) groups is 1. The van der Waals surface area contributed by atoms with E-state index in [9.17, 15) is 0 Å². The summed E-state index contributed by atoms with van der Waals surface area (Å²) in [5.74, 6) is 2.37. The first kappa shape index (κ1) is 21.8. The van der Waals surface area contributed by atoms with Gasteiger partial charge in [0, 0.05) is 13.1 Å². The third-order valence-corrected chi connectivity index (χ3v) is 3.11. The molecule has 23 heavy (non-hydrogen) atoms. The summed E-state index contributed by atoms with van der Waals surface area (Å²) in [6, 6.07) is 5.93. The maximum atomic E-state index is 5.53. The van der Waals surface area contributed by atoms with E-state index in [1.165, 1.54) is 6.42 Å². The van der Waals surface area contributed by atoms with Gasteiger partial charge in [-0.3, -0.25) is 0 Å². The number of unbranched alkanes of at least 4 members (excludes halogenated alkanes) is 1. The lowest BCUT2D eigenvalue weighted by molar-refractivity contribution is 0.310. The molecule has 0 unspecified atom stereocenters. The molecule has 0 heterocycles. The standard InChI is InChI=1S/C17H29N3O2.HI/c1-5-8-11-19-17(18-6-2)20-13-14-9-10-15(22-7-3)16(12-14)21-4;/h9-10,12H,5-8,11,13H2,1-4H3,(H2,18,19,20);1H. The summed E-state index contributed by atoms with van der Waals surface area (Å²) in [5, 5.41) is 6.59. The van der Waals surface area contributed by atoms with Crippen molar-refractivity contribution in [2.24, 2.45) is 4.99 Å². The van der Waals surface area contributed by atoms with Crippen LogP contribution in [0, 0.1) is 0 Å². The number of hydrogen-bond acceptors (Lipinski definition) is 3.